The van der Waals surface area contributed by atoms with Gasteiger partial charge in [-0.3, -0.25) is 4.98 Å². The molecule has 1 amide bonds. The molecule has 1 aromatic carbocycles. The number of para-hydroxylation sites is 1. The van der Waals surface area contributed by atoms with Crippen LogP contribution >= 0.6 is 0 Å². The van der Waals surface area contributed by atoms with Gasteiger partial charge in [0.05, 0.1) is 6.61 Å². The topological polar surface area (TPSA) is 47.4 Å². The number of hydrogen-bond acceptors (Lipinski definition) is 3. The standard InChI is InChI=1S/C22H25N3O2/c1-2-27-22(26)24-13-9-18(10-14-24)20-16-25(15-17-7-11-23-12-8-17)21-6-4-3-5-19(20)21/h3-8,11-12,16,18H,2,9-10,13-15H2,1H3. The maximum atomic E-state index is 12.0. The third-order valence-electron chi connectivity index (χ3n) is 5.38. The van der Waals surface area contributed by atoms with Gasteiger partial charge in [-0.1, -0.05) is 18.2 Å². The van der Waals surface area contributed by atoms with Gasteiger partial charge in [-0.25, -0.2) is 4.79 Å². The number of amides is 1. The second-order valence-electron chi connectivity index (χ2n) is 7.05. The van der Waals surface area contributed by atoms with Gasteiger partial charge in [-0.2, -0.15) is 0 Å². The minimum atomic E-state index is -0.184. The van der Waals surface area contributed by atoms with Crippen LogP contribution in [0.3, 0.4) is 0 Å². The Bertz CT molecular complexity index is 912. The molecule has 0 bridgehead atoms. The molecule has 3 aromatic rings. The van der Waals surface area contributed by atoms with E-state index in [4.69, 9.17) is 4.74 Å². The summed E-state index contributed by atoms with van der Waals surface area (Å²) in [4.78, 5) is 17.9. The normalized spacial score (nSPS) is 15.2. The average Bonchev–Trinajstić information content (AvgIpc) is 3.08. The first-order chi connectivity index (χ1) is 13.3. The zero-order valence-electron chi connectivity index (χ0n) is 15.7. The number of aromatic nitrogens is 2. The molecular weight excluding hydrogens is 338 g/mol. The molecular formula is C22H25N3O2. The molecule has 0 radical (unpaired) electrons. The monoisotopic (exact) mass is 363 g/mol. The lowest BCUT2D eigenvalue weighted by molar-refractivity contribution is 0.0971. The van der Waals surface area contributed by atoms with Crippen LogP contribution in [0, 0.1) is 0 Å². The Morgan fingerprint density at radius 2 is 1.89 bits per heavy atom. The van der Waals surface area contributed by atoms with Crippen LogP contribution in [0.25, 0.3) is 10.9 Å². The smallest absolute Gasteiger partial charge is 0.409 e. The van der Waals surface area contributed by atoms with Crippen LogP contribution in [-0.2, 0) is 11.3 Å². The number of rotatable bonds is 4. The van der Waals surface area contributed by atoms with Gasteiger partial charge >= 0.3 is 6.09 Å². The molecule has 1 aliphatic heterocycles. The summed E-state index contributed by atoms with van der Waals surface area (Å²) in [5, 5.41) is 1.32. The van der Waals surface area contributed by atoms with E-state index in [2.05, 4.69) is 52.1 Å². The van der Waals surface area contributed by atoms with E-state index in [0.717, 1.165) is 32.5 Å². The molecule has 0 atom stereocenters. The van der Waals surface area contributed by atoms with E-state index in [1.54, 1.807) is 0 Å². The highest BCUT2D eigenvalue weighted by Crippen LogP contribution is 2.34. The Kier molecular flexibility index (Phi) is 5.10. The van der Waals surface area contributed by atoms with E-state index in [0.29, 0.717) is 12.5 Å². The third kappa shape index (κ3) is 3.68. The van der Waals surface area contributed by atoms with Crippen LogP contribution in [0.2, 0.25) is 0 Å². The summed E-state index contributed by atoms with van der Waals surface area (Å²) in [7, 11) is 0. The highest BCUT2D eigenvalue weighted by atomic mass is 16.6. The van der Waals surface area contributed by atoms with Gasteiger partial charge < -0.3 is 14.2 Å². The average molecular weight is 363 g/mol. The fourth-order valence-electron chi connectivity index (χ4n) is 4.00. The van der Waals surface area contributed by atoms with Gasteiger partial charge in [0.15, 0.2) is 0 Å². The Hall–Kier alpha value is -2.82. The zero-order chi connectivity index (χ0) is 18.6. The molecule has 5 nitrogen and oxygen atoms in total. The van der Waals surface area contributed by atoms with Crippen molar-refractivity contribution in [3.8, 4) is 0 Å². The number of piperidine rings is 1. The molecule has 0 unspecified atom stereocenters. The van der Waals surface area contributed by atoms with E-state index in [-0.39, 0.29) is 6.09 Å². The molecule has 27 heavy (non-hydrogen) atoms. The SMILES string of the molecule is CCOC(=O)N1CCC(c2cn(Cc3ccncc3)c3ccccc23)CC1. The maximum Gasteiger partial charge on any atom is 0.409 e. The molecule has 4 rings (SSSR count). The predicted octanol–water partition coefficient (Wildman–Crippen LogP) is 4.42. The summed E-state index contributed by atoms with van der Waals surface area (Å²) in [6.45, 7) is 4.63. The fraction of sp³-hybridized carbons (Fsp3) is 0.364. The fourth-order valence-corrected chi connectivity index (χ4v) is 4.00. The largest absolute Gasteiger partial charge is 0.450 e. The molecule has 140 valence electrons. The van der Waals surface area contributed by atoms with Crippen molar-refractivity contribution in [2.24, 2.45) is 0 Å². The predicted molar refractivity (Wildman–Crippen MR) is 106 cm³/mol. The maximum absolute atomic E-state index is 12.0. The van der Waals surface area contributed by atoms with Gasteiger partial charge in [0.1, 0.15) is 0 Å². The van der Waals surface area contributed by atoms with Crippen molar-refractivity contribution in [1.82, 2.24) is 14.5 Å². The lowest BCUT2D eigenvalue weighted by Crippen LogP contribution is -2.38. The van der Waals surface area contributed by atoms with Crippen LogP contribution in [0.4, 0.5) is 4.79 Å². The van der Waals surface area contributed by atoms with Crippen molar-refractivity contribution in [3.63, 3.8) is 0 Å². The minimum absolute atomic E-state index is 0.184. The number of likely N-dealkylation sites (tertiary alicyclic amines) is 1. The van der Waals surface area contributed by atoms with E-state index >= 15 is 0 Å². The van der Waals surface area contributed by atoms with Crippen molar-refractivity contribution in [1.29, 1.82) is 0 Å². The number of hydrogen-bond donors (Lipinski definition) is 0. The number of ether oxygens (including phenoxy) is 1. The van der Waals surface area contributed by atoms with E-state index in [1.165, 1.54) is 22.0 Å². The quantitative estimate of drug-likeness (QED) is 0.689. The van der Waals surface area contributed by atoms with Crippen molar-refractivity contribution in [2.75, 3.05) is 19.7 Å². The third-order valence-corrected chi connectivity index (χ3v) is 5.38. The lowest BCUT2D eigenvalue weighted by Gasteiger charge is -2.31. The molecule has 1 fully saturated rings. The Balaban J connectivity index is 1.57. The van der Waals surface area contributed by atoms with Gasteiger partial charge in [0, 0.05) is 49.1 Å². The number of carbonyl (C=O) groups is 1. The summed E-state index contributed by atoms with van der Waals surface area (Å²) in [6.07, 6.45) is 7.75. The molecule has 0 saturated carbocycles. The zero-order valence-corrected chi connectivity index (χ0v) is 15.7. The van der Waals surface area contributed by atoms with Crippen molar-refractivity contribution in [2.45, 2.75) is 32.2 Å². The summed E-state index contributed by atoms with van der Waals surface area (Å²) in [5.74, 6) is 0.472. The number of carbonyl (C=O) groups excluding carboxylic acids is 1. The van der Waals surface area contributed by atoms with E-state index in [1.807, 2.05) is 24.2 Å². The first-order valence-corrected chi connectivity index (χ1v) is 9.64. The lowest BCUT2D eigenvalue weighted by atomic mass is 9.89. The van der Waals surface area contributed by atoms with E-state index in [9.17, 15) is 4.79 Å². The highest BCUT2D eigenvalue weighted by Gasteiger charge is 2.26. The first kappa shape index (κ1) is 17.6. The van der Waals surface area contributed by atoms with Crippen molar-refractivity contribution < 1.29 is 9.53 Å². The molecule has 1 saturated heterocycles. The van der Waals surface area contributed by atoms with Crippen LogP contribution < -0.4 is 0 Å². The summed E-state index contributed by atoms with van der Waals surface area (Å²) >= 11 is 0. The van der Waals surface area contributed by atoms with Crippen molar-refractivity contribution >= 4 is 17.0 Å². The molecule has 0 spiro atoms. The Labute approximate surface area is 159 Å². The van der Waals surface area contributed by atoms with E-state index < -0.39 is 0 Å². The van der Waals surface area contributed by atoms with Gasteiger partial charge in [0.25, 0.3) is 0 Å². The highest BCUT2D eigenvalue weighted by molar-refractivity contribution is 5.84. The summed E-state index contributed by atoms with van der Waals surface area (Å²) in [5.41, 5.74) is 3.90. The molecule has 0 N–H and O–H groups in total. The molecule has 5 heteroatoms. The minimum Gasteiger partial charge on any atom is -0.450 e. The molecule has 0 aliphatic carbocycles. The van der Waals surface area contributed by atoms with Crippen LogP contribution in [-0.4, -0.2) is 40.2 Å². The second kappa shape index (κ2) is 7.82. The molecule has 1 aliphatic rings. The van der Waals surface area contributed by atoms with Crippen LogP contribution in [0.15, 0.2) is 55.0 Å². The van der Waals surface area contributed by atoms with Gasteiger partial charge in [0.2, 0.25) is 0 Å². The number of pyridine rings is 1. The van der Waals surface area contributed by atoms with Crippen molar-refractivity contribution in [3.05, 3.63) is 66.1 Å². The molecule has 2 aromatic heterocycles. The molecule has 3 heterocycles. The van der Waals surface area contributed by atoms with Gasteiger partial charge in [-0.05, 0) is 55.0 Å². The number of nitrogens with zero attached hydrogens (tertiary/aromatic N) is 3. The first-order valence-electron chi connectivity index (χ1n) is 9.64. The summed E-state index contributed by atoms with van der Waals surface area (Å²) in [6, 6.07) is 12.7. The van der Waals surface area contributed by atoms with Crippen LogP contribution in [0.5, 0.6) is 0 Å². The second-order valence-corrected chi connectivity index (χ2v) is 7.05. The Morgan fingerprint density at radius 3 is 2.63 bits per heavy atom. The van der Waals surface area contributed by atoms with Gasteiger partial charge in [-0.15, -0.1) is 0 Å². The Morgan fingerprint density at radius 1 is 1.15 bits per heavy atom. The summed E-state index contributed by atoms with van der Waals surface area (Å²) < 4.78 is 7.47. The van der Waals surface area contributed by atoms with Crippen LogP contribution in [0.1, 0.15) is 36.8 Å². The number of benzene rings is 1. The number of fused-ring (bicyclic) bond motifs is 1.